The fraction of sp³-hybridized carbons (Fsp3) is 0.500. The van der Waals surface area contributed by atoms with Crippen molar-refractivity contribution in [3.05, 3.63) is 39.7 Å². The van der Waals surface area contributed by atoms with E-state index >= 15 is 0 Å². The quantitative estimate of drug-likeness (QED) is 0.557. The number of carbonyl (C=O) groups excluding carboxylic acids is 1. The van der Waals surface area contributed by atoms with E-state index in [-0.39, 0.29) is 5.56 Å². The van der Waals surface area contributed by atoms with Crippen molar-refractivity contribution in [1.29, 1.82) is 0 Å². The van der Waals surface area contributed by atoms with E-state index in [0.29, 0.717) is 6.07 Å². The van der Waals surface area contributed by atoms with Gasteiger partial charge in [0, 0.05) is 6.54 Å². The van der Waals surface area contributed by atoms with Crippen LogP contribution in [0.5, 0.6) is 0 Å². The summed E-state index contributed by atoms with van der Waals surface area (Å²) in [6.45, 7) is 4.56. The fourth-order valence-electron chi connectivity index (χ4n) is 1.75. The Kier molecular flexibility index (Phi) is 5.99. The second-order valence-electron chi connectivity index (χ2n) is 5.86. The number of amides is 1. The lowest BCUT2D eigenvalue weighted by atomic mass is 10.0. The molecule has 1 rings (SSSR count). The summed E-state index contributed by atoms with van der Waals surface area (Å²) in [5.41, 5.74) is -1.65. The van der Waals surface area contributed by atoms with Crippen molar-refractivity contribution in [3.63, 3.8) is 0 Å². The summed E-state index contributed by atoms with van der Waals surface area (Å²) >= 11 is 0. The van der Waals surface area contributed by atoms with E-state index in [1.807, 2.05) is 0 Å². The van der Waals surface area contributed by atoms with Crippen LogP contribution >= 0.6 is 0 Å². The van der Waals surface area contributed by atoms with Gasteiger partial charge in [0.05, 0.1) is 16.6 Å². The molecule has 0 saturated heterocycles. The van der Waals surface area contributed by atoms with Crippen LogP contribution in [0.25, 0.3) is 0 Å². The Morgan fingerprint density at radius 3 is 2.57 bits per heavy atom. The molecule has 0 aromatic heterocycles. The molecule has 1 aromatic carbocycles. The van der Waals surface area contributed by atoms with E-state index in [1.54, 1.807) is 20.8 Å². The molecule has 1 aromatic rings. The number of halogens is 1. The first-order valence-corrected chi connectivity index (χ1v) is 6.78. The van der Waals surface area contributed by atoms with Gasteiger partial charge in [0.15, 0.2) is 0 Å². The first-order chi connectivity index (χ1) is 10.5. The van der Waals surface area contributed by atoms with Crippen molar-refractivity contribution in [2.45, 2.75) is 38.6 Å². The van der Waals surface area contributed by atoms with Crippen LogP contribution in [0.2, 0.25) is 0 Å². The van der Waals surface area contributed by atoms with E-state index in [4.69, 9.17) is 4.74 Å². The predicted octanol–water partition coefficient (Wildman–Crippen LogP) is 1.65. The van der Waals surface area contributed by atoms with Crippen molar-refractivity contribution in [2.24, 2.45) is 0 Å². The van der Waals surface area contributed by atoms with Gasteiger partial charge in [0.25, 0.3) is 5.69 Å². The first kappa shape index (κ1) is 18.8. The molecule has 0 spiro atoms. The highest BCUT2D eigenvalue weighted by molar-refractivity contribution is 5.67. The Bertz CT molecular complexity index is 587. The summed E-state index contributed by atoms with van der Waals surface area (Å²) < 4.78 is 18.0. The van der Waals surface area contributed by atoms with Crippen LogP contribution in [-0.4, -0.2) is 39.5 Å². The summed E-state index contributed by atoms with van der Waals surface area (Å²) in [7, 11) is 0. The highest BCUT2D eigenvalue weighted by Gasteiger charge is 2.27. The van der Waals surface area contributed by atoms with Crippen LogP contribution in [0.1, 0.15) is 32.4 Å². The zero-order valence-corrected chi connectivity index (χ0v) is 12.9. The van der Waals surface area contributed by atoms with E-state index in [0.717, 1.165) is 12.1 Å². The number of carbonyl (C=O) groups is 1. The number of rotatable bonds is 5. The van der Waals surface area contributed by atoms with Gasteiger partial charge < -0.3 is 20.3 Å². The minimum absolute atomic E-state index is 0.255. The van der Waals surface area contributed by atoms with Gasteiger partial charge in [-0.2, -0.15) is 0 Å². The lowest BCUT2D eigenvalue weighted by molar-refractivity contribution is -0.386. The summed E-state index contributed by atoms with van der Waals surface area (Å²) in [5, 5.41) is 33.0. The van der Waals surface area contributed by atoms with Crippen LogP contribution in [0.3, 0.4) is 0 Å². The van der Waals surface area contributed by atoms with Crippen LogP contribution in [-0.2, 0) is 4.74 Å². The molecule has 0 heterocycles. The number of hydrogen-bond acceptors (Lipinski definition) is 6. The minimum atomic E-state index is -1.68. The van der Waals surface area contributed by atoms with Crippen molar-refractivity contribution in [1.82, 2.24) is 5.32 Å². The van der Waals surface area contributed by atoms with Crippen molar-refractivity contribution >= 4 is 11.8 Å². The number of nitrogens with one attached hydrogen (secondary N) is 1. The van der Waals surface area contributed by atoms with Gasteiger partial charge in [-0.25, -0.2) is 9.18 Å². The number of aliphatic hydroxyl groups is 2. The average Bonchev–Trinajstić information content (AvgIpc) is 2.42. The van der Waals surface area contributed by atoms with Gasteiger partial charge in [-0.05, 0) is 32.9 Å². The van der Waals surface area contributed by atoms with E-state index in [2.05, 4.69) is 5.32 Å². The van der Waals surface area contributed by atoms with E-state index in [1.165, 1.54) is 0 Å². The largest absolute Gasteiger partial charge is 0.444 e. The molecular formula is C14H19FN2O6. The van der Waals surface area contributed by atoms with Crippen molar-refractivity contribution in [2.75, 3.05) is 6.54 Å². The maximum atomic E-state index is 13.1. The molecule has 1 amide bonds. The van der Waals surface area contributed by atoms with Crippen LogP contribution < -0.4 is 5.32 Å². The molecule has 0 fully saturated rings. The molecule has 0 saturated carbocycles. The molecule has 2 unspecified atom stereocenters. The molecule has 0 aliphatic heterocycles. The van der Waals surface area contributed by atoms with Gasteiger partial charge in [-0.15, -0.1) is 0 Å². The first-order valence-electron chi connectivity index (χ1n) is 6.78. The highest BCUT2D eigenvalue weighted by Crippen LogP contribution is 2.28. The molecule has 0 aliphatic rings. The summed E-state index contributed by atoms with van der Waals surface area (Å²) in [5.74, 6) is -0.839. The normalized spacial score (nSPS) is 14.0. The third kappa shape index (κ3) is 5.80. The standard InChI is InChI=1S/C14H19FN2O6/c1-14(2,3)23-13(20)16-7-11(18)12(19)9-5-4-8(15)6-10(9)17(21)22/h4-6,11-12,18-19H,7H2,1-3H3,(H,16,20). The van der Waals surface area contributed by atoms with Gasteiger partial charge in [0.2, 0.25) is 0 Å². The lowest BCUT2D eigenvalue weighted by Crippen LogP contribution is -2.39. The third-order valence-corrected chi connectivity index (χ3v) is 2.73. The second kappa shape index (κ2) is 7.34. The van der Waals surface area contributed by atoms with E-state index < -0.39 is 46.9 Å². The van der Waals surface area contributed by atoms with Crippen LogP contribution in [0.4, 0.5) is 14.9 Å². The number of nitro benzene ring substituents is 1. The SMILES string of the molecule is CC(C)(C)OC(=O)NCC(O)C(O)c1ccc(F)cc1[N+](=O)[O-]. The molecule has 0 bridgehead atoms. The van der Waals surface area contributed by atoms with Gasteiger partial charge in [-0.1, -0.05) is 0 Å². The topological polar surface area (TPSA) is 122 Å². The molecule has 2 atom stereocenters. The molecule has 0 radical (unpaired) electrons. The number of ether oxygens (including phenoxy) is 1. The summed E-state index contributed by atoms with van der Waals surface area (Å²) in [6.07, 6.45) is -4.02. The Hall–Kier alpha value is -2.26. The monoisotopic (exact) mass is 330 g/mol. The molecule has 0 aliphatic carbocycles. The molecular weight excluding hydrogens is 311 g/mol. The minimum Gasteiger partial charge on any atom is -0.444 e. The number of alkyl carbamates (subject to hydrolysis) is 1. The number of nitrogens with zero attached hydrogens (tertiary/aromatic N) is 1. The molecule has 3 N–H and O–H groups in total. The Morgan fingerprint density at radius 2 is 2.04 bits per heavy atom. The Balaban J connectivity index is 2.76. The fourth-order valence-corrected chi connectivity index (χ4v) is 1.75. The predicted molar refractivity (Wildman–Crippen MR) is 78.3 cm³/mol. The summed E-state index contributed by atoms with van der Waals surface area (Å²) in [6, 6.07) is 2.58. The van der Waals surface area contributed by atoms with Gasteiger partial charge >= 0.3 is 6.09 Å². The Labute approximate surface area is 132 Å². The second-order valence-corrected chi connectivity index (χ2v) is 5.86. The highest BCUT2D eigenvalue weighted by atomic mass is 19.1. The number of nitro groups is 1. The molecule has 23 heavy (non-hydrogen) atoms. The lowest BCUT2D eigenvalue weighted by Gasteiger charge is -2.22. The van der Waals surface area contributed by atoms with Crippen molar-refractivity contribution in [3.8, 4) is 0 Å². The van der Waals surface area contributed by atoms with Gasteiger partial charge in [-0.3, -0.25) is 10.1 Å². The van der Waals surface area contributed by atoms with Crippen LogP contribution in [0, 0.1) is 15.9 Å². The third-order valence-electron chi connectivity index (χ3n) is 2.73. The maximum absolute atomic E-state index is 13.1. The summed E-state index contributed by atoms with van der Waals surface area (Å²) in [4.78, 5) is 21.5. The number of hydrogen-bond donors (Lipinski definition) is 3. The molecule has 8 nitrogen and oxygen atoms in total. The average molecular weight is 330 g/mol. The Morgan fingerprint density at radius 1 is 1.43 bits per heavy atom. The van der Waals surface area contributed by atoms with Crippen LogP contribution in [0.15, 0.2) is 18.2 Å². The number of benzene rings is 1. The molecule has 9 heteroatoms. The maximum Gasteiger partial charge on any atom is 0.407 e. The smallest absolute Gasteiger partial charge is 0.407 e. The molecule has 128 valence electrons. The zero-order valence-electron chi connectivity index (χ0n) is 12.9. The number of aliphatic hydroxyl groups excluding tert-OH is 2. The van der Waals surface area contributed by atoms with E-state index in [9.17, 15) is 29.5 Å². The van der Waals surface area contributed by atoms with Crippen molar-refractivity contribution < 1.29 is 29.1 Å². The van der Waals surface area contributed by atoms with Gasteiger partial charge in [0.1, 0.15) is 23.6 Å². The zero-order chi connectivity index (χ0) is 17.8.